The van der Waals surface area contributed by atoms with Crippen LogP contribution in [0.25, 0.3) is 0 Å². The second-order valence-electron chi connectivity index (χ2n) is 5.22. The van der Waals surface area contributed by atoms with Gasteiger partial charge in [-0.25, -0.2) is 0 Å². The summed E-state index contributed by atoms with van der Waals surface area (Å²) in [4.78, 5) is 24.8. The van der Waals surface area contributed by atoms with E-state index in [9.17, 15) is 14.7 Å². The van der Waals surface area contributed by atoms with Crippen molar-refractivity contribution < 1.29 is 28.9 Å². The van der Waals surface area contributed by atoms with Gasteiger partial charge in [0.15, 0.2) is 0 Å². The van der Waals surface area contributed by atoms with Crippen LogP contribution in [0.2, 0.25) is 0 Å². The van der Waals surface area contributed by atoms with Crippen molar-refractivity contribution in [1.82, 2.24) is 4.90 Å². The molecule has 1 aromatic rings. The zero-order valence-electron chi connectivity index (χ0n) is 13.0. The zero-order valence-corrected chi connectivity index (χ0v) is 13.0. The minimum Gasteiger partial charge on any atom is -0.468 e. The van der Waals surface area contributed by atoms with Gasteiger partial charge >= 0.3 is 5.97 Å². The van der Waals surface area contributed by atoms with Gasteiger partial charge in [-0.1, -0.05) is 30.3 Å². The monoisotopic (exact) mass is 323 g/mol. The third kappa shape index (κ3) is 4.75. The molecule has 1 heterocycles. The van der Waals surface area contributed by atoms with E-state index in [1.807, 2.05) is 30.3 Å². The number of aliphatic hydroxyl groups excluding tert-OH is 1. The van der Waals surface area contributed by atoms with E-state index in [1.54, 1.807) is 0 Å². The summed E-state index contributed by atoms with van der Waals surface area (Å²) in [6.07, 6.45) is -0.395. The zero-order chi connectivity index (χ0) is 16.7. The molecule has 23 heavy (non-hydrogen) atoms. The predicted octanol–water partition coefficient (Wildman–Crippen LogP) is 0.312. The molecule has 0 aliphatic carbocycles. The Labute approximate surface area is 134 Å². The molecule has 2 atom stereocenters. The third-order valence-electron chi connectivity index (χ3n) is 3.69. The molecule has 1 aromatic carbocycles. The average Bonchev–Trinajstić information content (AvgIpc) is 2.88. The lowest BCUT2D eigenvalue weighted by atomic mass is 10.2. The fraction of sp³-hybridized carbons (Fsp3) is 0.500. The van der Waals surface area contributed by atoms with Crippen LogP contribution in [-0.4, -0.2) is 61.1 Å². The topological polar surface area (TPSA) is 85.3 Å². The Kier molecular flexibility index (Phi) is 6.52. The fourth-order valence-corrected chi connectivity index (χ4v) is 2.43. The molecule has 0 unspecified atom stereocenters. The normalized spacial score (nSPS) is 20.8. The van der Waals surface area contributed by atoms with Crippen LogP contribution in [0.1, 0.15) is 12.0 Å². The van der Waals surface area contributed by atoms with E-state index in [2.05, 4.69) is 4.74 Å². The first-order valence-corrected chi connectivity index (χ1v) is 7.37. The number of hydrogen-bond donors (Lipinski definition) is 1. The Balaban J connectivity index is 1.79. The SMILES string of the molecule is COC(=O)CN1C(=O)[C@@H](OCOCc2ccccc2)C[C@H]1CO. The van der Waals surface area contributed by atoms with Crippen molar-refractivity contribution in [3.63, 3.8) is 0 Å². The van der Waals surface area contributed by atoms with Gasteiger partial charge in [0.1, 0.15) is 19.4 Å². The number of likely N-dealkylation sites (tertiary alicyclic amines) is 1. The van der Waals surface area contributed by atoms with Crippen molar-refractivity contribution in [3.8, 4) is 0 Å². The first-order valence-electron chi connectivity index (χ1n) is 7.37. The largest absolute Gasteiger partial charge is 0.468 e. The quantitative estimate of drug-likeness (QED) is 0.421. The first kappa shape index (κ1) is 17.4. The Morgan fingerprint density at radius 2 is 2.09 bits per heavy atom. The molecule has 0 spiro atoms. The van der Waals surface area contributed by atoms with Gasteiger partial charge in [-0.15, -0.1) is 0 Å². The van der Waals surface area contributed by atoms with Crippen molar-refractivity contribution >= 4 is 11.9 Å². The number of esters is 1. The number of aliphatic hydroxyl groups is 1. The molecule has 0 aromatic heterocycles. The summed E-state index contributed by atoms with van der Waals surface area (Å²) < 4.78 is 15.4. The van der Waals surface area contributed by atoms with Crippen molar-refractivity contribution in [3.05, 3.63) is 35.9 Å². The van der Waals surface area contributed by atoms with Crippen LogP contribution in [0, 0.1) is 0 Å². The van der Waals surface area contributed by atoms with Gasteiger partial charge < -0.3 is 24.2 Å². The smallest absolute Gasteiger partial charge is 0.325 e. The first-order chi connectivity index (χ1) is 11.2. The van der Waals surface area contributed by atoms with Crippen LogP contribution < -0.4 is 0 Å². The maximum Gasteiger partial charge on any atom is 0.325 e. The fourth-order valence-electron chi connectivity index (χ4n) is 2.43. The molecule has 1 saturated heterocycles. The van der Waals surface area contributed by atoms with Gasteiger partial charge in [-0.2, -0.15) is 0 Å². The molecular formula is C16H21NO6. The lowest BCUT2D eigenvalue weighted by molar-refractivity contribution is -0.153. The lowest BCUT2D eigenvalue weighted by Gasteiger charge is -2.21. The molecule has 0 radical (unpaired) electrons. The highest BCUT2D eigenvalue weighted by Gasteiger charge is 2.40. The average molecular weight is 323 g/mol. The molecular weight excluding hydrogens is 302 g/mol. The highest BCUT2D eigenvalue weighted by molar-refractivity contribution is 5.87. The third-order valence-corrected chi connectivity index (χ3v) is 3.69. The van der Waals surface area contributed by atoms with E-state index in [0.717, 1.165) is 5.56 Å². The van der Waals surface area contributed by atoms with Gasteiger partial charge in [-0.3, -0.25) is 9.59 Å². The van der Waals surface area contributed by atoms with Crippen LogP contribution in [0.15, 0.2) is 30.3 Å². The second-order valence-corrected chi connectivity index (χ2v) is 5.22. The van der Waals surface area contributed by atoms with Crippen molar-refractivity contribution in [1.29, 1.82) is 0 Å². The summed E-state index contributed by atoms with van der Waals surface area (Å²) in [5.74, 6) is -0.865. The summed E-state index contributed by atoms with van der Waals surface area (Å²) in [5.41, 5.74) is 1.01. The highest BCUT2D eigenvalue weighted by atomic mass is 16.7. The molecule has 0 bridgehead atoms. The number of nitrogens with zero attached hydrogens (tertiary/aromatic N) is 1. The van der Waals surface area contributed by atoms with Crippen molar-refractivity contribution in [2.75, 3.05) is 27.1 Å². The summed E-state index contributed by atoms with van der Waals surface area (Å²) in [6, 6.07) is 9.16. The summed E-state index contributed by atoms with van der Waals surface area (Å²) in [6.45, 7) is -0.0642. The van der Waals surface area contributed by atoms with Gasteiger partial charge in [-0.05, 0) is 5.56 Å². The summed E-state index contributed by atoms with van der Waals surface area (Å²) in [5, 5.41) is 9.35. The van der Waals surface area contributed by atoms with Crippen LogP contribution in [0.5, 0.6) is 0 Å². The minimum atomic E-state index is -0.715. The van der Waals surface area contributed by atoms with E-state index in [1.165, 1.54) is 12.0 Å². The maximum atomic E-state index is 12.2. The van der Waals surface area contributed by atoms with Crippen LogP contribution >= 0.6 is 0 Å². The Hall–Kier alpha value is -1.96. The molecule has 1 fully saturated rings. The number of hydrogen-bond acceptors (Lipinski definition) is 6. The molecule has 0 saturated carbocycles. The second kappa shape index (κ2) is 8.61. The number of benzene rings is 1. The van der Waals surface area contributed by atoms with Crippen molar-refractivity contribution in [2.45, 2.75) is 25.2 Å². The van der Waals surface area contributed by atoms with E-state index < -0.39 is 18.1 Å². The highest BCUT2D eigenvalue weighted by Crippen LogP contribution is 2.21. The van der Waals surface area contributed by atoms with Crippen LogP contribution in [0.3, 0.4) is 0 Å². The molecule has 2 rings (SSSR count). The number of methoxy groups -OCH3 is 1. The van der Waals surface area contributed by atoms with Gasteiger partial charge in [0.2, 0.25) is 0 Å². The molecule has 1 N–H and O–H groups in total. The molecule has 7 nitrogen and oxygen atoms in total. The van der Waals surface area contributed by atoms with E-state index >= 15 is 0 Å². The number of rotatable bonds is 8. The summed E-state index contributed by atoms with van der Waals surface area (Å²) in [7, 11) is 1.25. The van der Waals surface area contributed by atoms with Gasteiger partial charge in [0.25, 0.3) is 5.91 Å². The van der Waals surface area contributed by atoms with Gasteiger partial charge in [0.05, 0.1) is 26.4 Å². The molecule has 1 amide bonds. The lowest BCUT2D eigenvalue weighted by Crippen LogP contribution is -2.41. The Morgan fingerprint density at radius 1 is 1.35 bits per heavy atom. The van der Waals surface area contributed by atoms with E-state index in [0.29, 0.717) is 13.0 Å². The number of ether oxygens (including phenoxy) is 3. The van der Waals surface area contributed by atoms with E-state index in [4.69, 9.17) is 9.47 Å². The number of carbonyl (C=O) groups excluding carboxylic acids is 2. The standard InChI is InChI=1S/C16H21NO6/c1-21-15(19)8-17-13(9-18)7-14(16(17)20)23-11-22-10-12-5-3-2-4-6-12/h2-6,13-14,18H,7-11H2,1H3/t13-,14-/m0/s1. The van der Waals surface area contributed by atoms with Crippen molar-refractivity contribution in [2.24, 2.45) is 0 Å². The molecule has 1 aliphatic rings. The Morgan fingerprint density at radius 3 is 2.74 bits per heavy atom. The van der Waals surface area contributed by atoms with Crippen LogP contribution in [-0.2, 0) is 30.4 Å². The van der Waals surface area contributed by atoms with E-state index in [-0.39, 0.29) is 25.9 Å². The predicted molar refractivity (Wildman–Crippen MR) is 80.2 cm³/mol. The van der Waals surface area contributed by atoms with Gasteiger partial charge in [0, 0.05) is 6.42 Å². The molecule has 7 heteroatoms. The Bertz CT molecular complexity index is 521. The number of amides is 1. The minimum absolute atomic E-state index is 0.0322. The van der Waals surface area contributed by atoms with Crippen LogP contribution in [0.4, 0.5) is 0 Å². The number of carbonyl (C=O) groups is 2. The molecule has 1 aliphatic heterocycles. The maximum absolute atomic E-state index is 12.2. The molecule has 126 valence electrons. The summed E-state index contributed by atoms with van der Waals surface area (Å²) >= 11 is 0.